The first-order chi connectivity index (χ1) is 68.2. The maximum absolute atomic E-state index is 12.8. The van der Waals surface area contributed by atoms with Gasteiger partial charge >= 0.3 is 0 Å². The monoisotopic (exact) mass is 2370 g/mol. The number of carbonyl (C=O) groups is 4. The number of primary amides is 1. The Bertz CT molecular complexity index is 9000. The van der Waals surface area contributed by atoms with Gasteiger partial charge in [0.1, 0.15) is 3.70 Å². The van der Waals surface area contributed by atoms with Gasteiger partial charge in [-0.3, -0.25) is 77.9 Å². The van der Waals surface area contributed by atoms with E-state index in [4.69, 9.17) is 126 Å². The number of sulfonamides is 5. The van der Waals surface area contributed by atoms with Crippen LogP contribution in [-0.2, 0) is 60.2 Å². The Morgan fingerprint density at radius 3 is 0.986 bits per heavy atom. The van der Waals surface area contributed by atoms with Gasteiger partial charge in [-0.15, -0.1) is 0 Å². The third-order valence-electron chi connectivity index (χ3n) is 19.9. The lowest BCUT2D eigenvalue weighted by Crippen LogP contribution is -2.18. The molecule has 0 aliphatic carbocycles. The Labute approximate surface area is 880 Å². The summed E-state index contributed by atoms with van der Waals surface area (Å²) in [6.07, 6.45) is 1.49. The third-order valence-corrected chi connectivity index (χ3v) is 32.2. The van der Waals surface area contributed by atoms with E-state index in [1.165, 1.54) is 177 Å². The van der Waals surface area contributed by atoms with Crippen LogP contribution in [0.5, 0.6) is 0 Å². The van der Waals surface area contributed by atoms with Crippen LogP contribution in [0.4, 0.5) is 39.9 Å². The first kappa shape index (κ1) is 107. The molecule has 0 bridgehead atoms. The smallest absolute Gasteiger partial charge is 0.294 e. The molecular weight excluding hydrogens is 2310 g/mol. The van der Waals surface area contributed by atoms with Crippen molar-refractivity contribution >= 4 is 328 Å². The molecule has 13 aromatic carbocycles. The van der Waals surface area contributed by atoms with Crippen LogP contribution in [0.1, 0.15) is 41.8 Å². The van der Waals surface area contributed by atoms with E-state index >= 15 is 0 Å². The van der Waals surface area contributed by atoms with Gasteiger partial charge < -0.3 is 21.7 Å². The number of carbonyl (C=O) groups excluding carboxylic acids is 4. The lowest BCUT2D eigenvalue weighted by atomic mass is 10.2. The number of aromatic amines is 6. The Morgan fingerprint density at radius 1 is 0.306 bits per heavy atom. The number of para-hydroxylation sites is 1. The summed E-state index contributed by atoms with van der Waals surface area (Å²) in [5, 5.41) is 53.5. The second-order valence-corrected chi connectivity index (χ2v) is 44.6. The molecule has 0 saturated heterocycles. The fourth-order valence-corrected chi connectivity index (χ4v) is 20.9. The molecule has 38 nitrogen and oxygen atoms in total. The fraction of sp³-hybridized carbons (Fsp3) is 0.0112. The number of hydrogen-bond acceptors (Lipinski definition) is 22. The summed E-state index contributed by atoms with van der Waals surface area (Å²) in [6, 6.07) is 65.9. The van der Waals surface area contributed by atoms with Crippen molar-refractivity contribution in [2.75, 3.05) is 41.3 Å². The van der Waals surface area contributed by atoms with Crippen LogP contribution >= 0.6 is 139 Å². The van der Waals surface area contributed by atoms with Crippen molar-refractivity contribution < 1.29 is 74.2 Å². The van der Waals surface area contributed by atoms with Gasteiger partial charge in [0.05, 0.1) is 147 Å². The summed E-state index contributed by atoms with van der Waals surface area (Å²) in [5.74, 6) is -1.76. The SMILES string of the molecule is CNC(=O)c1n[nH]c2ccc(S(=O)(=O)Nc3ccc(Cl)c(Cl)c3)cc12.NC(=O)c1n[nH]c2ccc(S(=O)(=O)Nc3ccc(Cl)c(Cl)c3)cc12.O=C(Nc1ccccc1)c1n[nH]c2ccc(S(=O)(=O)Nc3ccc(Cl)c(Cl)c3)cc12.O=C(Nc1n[nH]c2ccc(S(=O)(=O)Nc3ccc(Cl)c(Cl)c3)cc12)c1ccccc1.O=S(=O)(Nc1ccc(Cl)c(Cl)c1)c1ccc2[nH]nc(I)c2c1.O=S(=O)(O)c1ccc2[nH]ncc2c1. The number of rotatable bonds is 22. The van der Waals surface area contributed by atoms with Crippen LogP contribution < -0.4 is 45.3 Å². The second kappa shape index (κ2) is 45.0. The summed E-state index contributed by atoms with van der Waals surface area (Å²) in [4.78, 5) is 48.1. The molecule has 19 rings (SSSR count). The van der Waals surface area contributed by atoms with Gasteiger partial charge in [-0.2, -0.15) is 39.0 Å². The number of aromatic nitrogens is 12. The van der Waals surface area contributed by atoms with E-state index in [1.807, 2.05) is 28.7 Å². The second-order valence-electron chi connectivity index (χ2n) is 29.7. The van der Waals surface area contributed by atoms with Gasteiger partial charge in [-0.05, 0) is 247 Å². The van der Waals surface area contributed by atoms with E-state index < -0.39 is 78.0 Å². The van der Waals surface area contributed by atoms with Crippen molar-refractivity contribution in [1.82, 2.24) is 66.5 Å². The zero-order valence-corrected chi connectivity index (χ0v) is 86.9. The molecule has 0 fully saturated rings. The van der Waals surface area contributed by atoms with E-state index in [1.54, 1.807) is 91.0 Å². The lowest BCUT2D eigenvalue weighted by Gasteiger charge is -2.09. The quantitative estimate of drug-likeness (QED) is 0.0221. The van der Waals surface area contributed by atoms with Crippen LogP contribution in [0.2, 0.25) is 50.2 Å². The van der Waals surface area contributed by atoms with E-state index in [-0.39, 0.29) is 106 Å². The highest BCUT2D eigenvalue weighted by Gasteiger charge is 2.27. The first-order valence-electron chi connectivity index (χ1n) is 40.3. The van der Waals surface area contributed by atoms with Crippen LogP contribution in [0.25, 0.3) is 65.4 Å². The summed E-state index contributed by atoms with van der Waals surface area (Å²) in [5.41, 5.74) is 11.5. The minimum absolute atomic E-state index is 0.00215. The Balaban J connectivity index is 0.000000139. The van der Waals surface area contributed by atoms with Crippen molar-refractivity contribution in [1.29, 1.82) is 0 Å². The number of nitrogens with two attached hydrogens (primary N) is 1. The van der Waals surface area contributed by atoms with Crippen LogP contribution in [-0.4, -0.2) is 147 Å². The van der Waals surface area contributed by atoms with Crippen LogP contribution in [0.3, 0.4) is 0 Å². The van der Waals surface area contributed by atoms with Crippen molar-refractivity contribution in [3.05, 3.63) is 344 Å². The van der Waals surface area contributed by atoms with Crippen LogP contribution in [0.15, 0.2) is 296 Å². The minimum atomic E-state index is -4.11. The first-order valence-corrected chi connectivity index (χ1v) is 54.0. The Kier molecular flexibility index (Phi) is 33.3. The summed E-state index contributed by atoms with van der Waals surface area (Å²) >= 11 is 60.8. The standard InChI is InChI=1S/2C20H14Cl2N4O3S.C15H12Cl2N4O3S.C14H10Cl2N4O3S.C13H8Cl2IN3O2S.C7H6N2O3S/c21-16-8-6-13(10-17(16)22)26-30(28,29)14-7-9-18-15(11-14)19(25-24-18)20(27)23-12-4-2-1-3-5-12;21-16-8-6-13(10-17(16)22)26-30(28,29)14-7-9-18-15(11-14)19(25-24-18)23-20(27)12-4-2-1-3-5-12;1-18-15(22)14-10-7-9(3-5-13(10)19-20-14)25(23,24)21-8-2-4-11(16)12(17)6-8;15-10-3-1-7(5-11(10)16)20-24(22,23)8-2-4-12-9(6-8)13(14(17)21)19-18-12;14-10-3-1-7(5-11(10)15)19-22(20,21)8-2-4-12-9(6-8)13(16)18-17-12;10-13(11,12)6-1-2-7-5(3-6)4-8-9-7/h1-11,26H,(H,23,27)(H,24,25);1-11,26H,(H2,23,24,25,27);2-7,21H,1H3,(H,18,22)(H,19,20);1-6,20H,(H2,17,21)(H,18,19);1-6,19H,(H,17,18);1-4H,(H,8,9)(H,10,11,12). The van der Waals surface area contributed by atoms with Gasteiger partial charge in [0.2, 0.25) is 0 Å². The summed E-state index contributed by atoms with van der Waals surface area (Å²) in [7, 11) is -22.0. The van der Waals surface area contributed by atoms with Crippen molar-refractivity contribution in [2.45, 2.75) is 29.4 Å². The van der Waals surface area contributed by atoms with Crippen molar-refractivity contribution in [3.8, 4) is 0 Å². The number of H-pyrrole nitrogens is 6. The van der Waals surface area contributed by atoms with E-state index in [9.17, 15) is 69.7 Å². The minimum Gasteiger partial charge on any atom is -0.364 e. The molecule has 0 spiro atoms. The van der Waals surface area contributed by atoms with E-state index in [2.05, 4.69) is 101 Å². The molecule has 17 N–H and O–H groups in total. The zero-order valence-electron chi connectivity index (χ0n) is 72.3. The molecular formula is C89H64Cl10IN21O17S6. The van der Waals surface area contributed by atoms with Gasteiger partial charge in [0, 0.05) is 50.6 Å². The van der Waals surface area contributed by atoms with Gasteiger partial charge in [-0.1, -0.05) is 152 Å². The van der Waals surface area contributed by atoms with Gasteiger partial charge in [0.25, 0.3) is 83.9 Å². The number of anilines is 7. The molecule has 144 heavy (non-hydrogen) atoms. The highest BCUT2D eigenvalue weighted by atomic mass is 127. The molecule has 6 heterocycles. The molecule has 0 radical (unpaired) electrons. The molecule has 0 atom stereocenters. The topological polar surface area (TPSA) is 588 Å². The average Bonchev–Trinajstić information content (AvgIpc) is 1.62. The van der Waals surface area contributed by atoms with Gasteiger partial charge in [0.15, 0.2) is 22.9 Å². The average molecular weight is 2370 g/mol. The highest BCUT2D eigenvalue weighted by molar-refractivity contribution is 14.1. The molecule has 6 aromatic heterocycles. The normalized spacial score (nSPS) is 11.6. The number of amides is 4. The number of benzene rings is 13. The number of hydrogen-bond donors (Lipinski definition) is 16. The predicted octanol–water partition coefficient (Wildman–Crippen LogP) is 20.7. The summed E-state index contributed by atoms with van der Waals surface area (Å²) in [6.45, 7) is 0. The molecule has 0 unspecified atom stereocenters. The zero-order chi connectivity index (χ0) is 104. The molecule has 4 amide bonds. The van der Waals surface area contributed by atoms with E-state index in [0.717, 1.165) is 16.4 Å². The fourth-order valence-electron chi connectivity index (χ4n) is 12.9. The maximum atomic E-state index is 12.8. The lowest BCUT2D eigenvalue weighted by molar-refractivity contribution is 0.0956. The molecule has 740 valence electrons. The molecule has 55 heteroatoms. The van der Waals surface area contributed by atoms with Crippen LogP contribution in [0, 0.1) is 3.70 Å². The molecule has 19 aromatic rings. The molecule has 0 aliphatic heterocycles. The Hall–Kier alpha value is -13.2. The van der Waals surface area contributed by atoms with E-state index in [0.29, 0.717) is 94.7 Å². The summed E-state index contributed by atoms with van der Waals surface area (Å²) < 4.78 is 169. The number of nitrogens with zero attached hydrogens (tertiary/aromatic N) is 6. The molecule has 0 aliphatic rings. The predicted molar refractivity (Wildman–Crippen MR) is 566 cm³/mol. The number of fused-ring (bicyclic) bond motifs is 6. The highest BCUT2D eigenvalue weighted by Crippen LogP contribution is 2.36. The van der Waals surface area contributed by atoms with Gasteiger partial charge in [-0.25, -0.2) is 42.1 Å². The number of halogens is 11. The third kappa shape index (κ3) is 26.1. The molecule has 0 saturated carbocycles. The Morgan fingerprint density at radius 2 is 0.618 bits per heavy atom. The van der Waals surface area contributed by atoms with Crippen molar-refractivity contribution in [3.63, 3.8) is 0 Å². The van der Waals surface area contributed by atoms with Crippen molar-refractivity contribution in [2.24, 2.45) is 5.73 Å². The number of nitrogens with one attached hydrogen (secondary N) is 14. The largest absolute Gasteiger partial charge is 0.364 e. The maximum Gasteiger partial charge on any atom is 0.294 e.